The standard InChI is InChI=1S/C28H38O5/c1-16(24(29)30)15-33-28(17(2)25(31)32,26-9-18-3-19(10-26)5-20(4-18)11-26)27-12-21-6-22(13-27)8-23(7-21)14-27/h18-23H,1-15H2,(H,29,30)(H,31,32). The van der Waals surface area contributed by atoms with Gasteiger partial charge in [-0.3, -0.25) is 0 Å². The summed E-state index contributed by atoms with van der Waals surface area (Å²) in [6.45, 7) is 7.89. The first-order valence-electron chi connectivity index (χ1n) is 13.1. The van der Waals surface area contributed by atoms with Gasteiger partial charge in [0.15, 0.2) is 0 Å². The zero-order valence-corrected chi connectivity index (χ0v) is 19.7. The fourth-order valence-electron chi connectivity index (χ4n) is 11.1. The Morgan fingerprint density at radius 2 is 1.03 bits per heavy atom. The maximum absolute atomic E-state index is 12.8. The lowest BCUT2D eigenvalue weighted by molar-refractivity contribution is -0.269. The van der Waals surface area contributed by atoms with Gasteiger partial charge in [0, 0.05) is 10.8 Å². The SMILES string of the molecule is C=C(COC(C(=C)C(=O)O)(C12CC3CC(CC(C3)C1)C2)C12CC3CC(CC(C3)C1)C2)C(=O)O. The van der Waals surface area contributed by atoms with Crippen LogP contribution < -0.4 is 0 Å². The van der Waals surface area contributed by atoms with Gasteiger partial charge in [-0.25, -0.2) is 9.59 Å². The van der Waals surface area contributed by atoms with Gasteiger partial charge in [0.05, 0.1) is 17.8 Å². The number of aliphatic carboxylic acids is 2. The molecule has 2 N–H and O–H groups in total. The fraction of sp³-hybridized carbons (Fsp3) is 0.786. The van der Waals surface area contributed by atoms with Gasteiger partial charge in [-0.2, -0.15) is 0 Å². The molecule has 0 atom stereocenters. The predicted molar refractivity (Wildman–Crippen MR) is 123 cm³/mol. The molecule has 8 fully saturated rings. The minimum atomic E-state index is -1.07. The van der Waals surface area contributed by atoms with Crippen molar-refractivity contribution in [2.45, 2.75) is 82.7 Å². The van der Waals surface area contributed by atoms with Crippen LogP contribution in [0.4, 0.5) is 0 Å². The molecular weight excluding hydrogens is 416 g/mol. The lowest BCUT2D eigenvalue weighted by Gasteiger charge is -2.72. The minimum absolute atomic E-state index is 0.00650. The molecule has 8 aliphatic carbocycles. The van der Waals surface area contributed by atoms with Crippen molar-refractivity contribution < 1.29 is 24.5 Å². The zero-order chi connectivity index (χ0) is 23.2. The molecule has 5 heteroatoms. The van der Waals surface area contributed by atoms with Crippen molar-refractivity contribution >= 4 is 11.9 Å². The first kappa shape index (κ1) is 21.9. The van der Waals surface area contributed by atoms with Crippen LogP contribution in [0.5, 0.6) is 0 Å². The van der Waals surface area contributed by atoms with Crippen LogP contribution in [0.25, 0.3) is 0 Å². The lowest BCUT2D eigenvalue weighted by atomic mass is 9.35. The third-order valence-corrected chi connectivity index (χ3v) is 11.0. The van der Waals surface area contributed by atoms with Gasteiger partial charge in [-0.15, -0.1) is 0 Å². The summed E-state index contributed by atoms with van der Waals surface area (Å²) >= 11 is 0. The number of ether oxygens (including phenoxy) is 1. The van der Waals surface area contributed by atoms with E-state index in [1.54, 1.807) is 0 Å². The molecule has 0 aromatic rings. The lowest BCUT2D eigenvalue weighted by Crippen LogP contribution is -2.71. The Morgan fingerprint density at radius 3 is 1.30 bits per heavy atom. The summed E-state index contributed by atoms with van der Waals surface area (Å²) in [7, 11) is 0. The van der Waals surface area contributed by atoms with Crippen LogP contribution >= 0.6 is 0 Å². The molecule has 0 heterocycles. The number of carboxylic acid groups (broad SMARTS) is 2. The highest BCUT2D eigenvalue weighted by Gasteiger charge is 2.72. The van der Waals surface area contributed by atoms with Crippen LogP contribution in [0.2, 0.25) is 0 Å². The van der Waals surface area contributed by atoms with E-state index in [2.05, 4.69) is 13.2 Å². The van der Waals surface area contributed by atoms with E-state index in [0.717, 1.165) is 38.5 Å². The van der Waals surface area contributed by atoms with Crippen molar-refractivity contribution in [1.82, 2.24) is 0 Å². The highest BCUT2D eigenvalue weighted by molar-refractivity contribution is 5.89. The number of hydrogen-bond donors (Lipinski definition) is 2. The van der Waals surface area contributed by atoms with Crippen LogP contribution in [0, 0.1) is 46.3 Å². The van der Waals surface area contributed by atoms with Crippen molar-refractivity contribution in [2.75, 3.05) is 6.61 Å². The van der Waals surface area contributed by atoms with Crippen molar-refractivity contribution in [2.24, 2.45) is 46.3 Å². The second-order valence-electron chi connectivity index (χ2n) is 13.1. The van der Waals surface area contributed by atoms with Crippen LogP contribution in [-0.4, -0.2) is 34.4 Å². The van der Waals surface area contributed by atoms with Crippen LogP contribution in [0.1, 0.15) is 77.0 Å². The largest absolute Gasteiger partial charge is 0.478 e. The van der Waals surface area contributed by atoms with Gasteiger partial charge in [0.25, 0.3) is 0 Å². The van der Waals surface area contributed by atoms with Gasteiger partial charge in [-0.05, 0) is 113 Å². The second-order valence-corrected chi connectivity index (χ2v) is 13.1. The van der Waals surface area contributed by atoms with Crippen molar-refractivity contribution in [1.29, 1.82) is 0 Å². The van der Waals surface area contributed by atoms with E-state index in [4.69, 9.17) is 4.74 Å². The Kier molecular flexibility index (Phi) is 4.77. The first-order valence-corrected chi connectivity index (χ1v) is 13.1. The number of carboxylic acids is 2. The Balaban J connectivity index is 1.52. The summed E-state index contributed by atoms with van der Waals surface area (Å²) in [4.78, 5) is 24.5. The summed E-state index contributed by atoms with van der Waals surface area (Å²) in [5, 5.41) is 20.1. The van der Waals surface area contributed by atoms with E-state index in [1.165, 1.54) is 38.5 Å². The average Bonchev–Trinajstić information content (AvgIpc) is 2.71. The van der Waals surface area contributed by atoms with Gasteiger partial charge < -0.3 is 14.9 Å². The first-order chi connectivity index (χ1) is 15.7. The van der Waals surface area contributed by atoms with E-state index >= 15 is 0 Å². The summed E-state index contributed by atoms with van der Waals surface area (Å²) in [5.74, 6) is 1.78. The van der Waals surface area contributed by atoms with Crippen molar-refractivity contribution in [3.05, 3.63) is 24.3 Å². The van der Waals surface area contributed by atoms with Crippen LogP contribution in [-0.2, 0) is 14.3 Å². The normalized spacial score (nSPS) is 46.2. The minimum Gasteiger partial charge on any atom is -0.478 e. The monoisotopic (exact) mass is 454 g/mol. The molecule has 0 aliphatic heterocycles. The molecule has 0 spiro atoms. The highest BCUT2D eigenvalue weighted by Crippen LogP contribution is 2.75. The van der Waals surface area contributed by atoms with E-state index in [1.807, 2.05) is 0 Å². The maximum Gasteiger partial charge on any atom is 0.333 e. The van der Waals surface area contributed by atoms with Gasteiger partial charge >= 0.3 is 11.9 Å². The van der Waals surface area contributed by atoms with Crippen LogP contribution in [0.3, 0.4) is 0 Å². The Labute approximate surface area is 196 Å². The number of rotatable bonds is 8. The van der Waals surface area contributed by atoms with E-state index in [-0.39, 0.29) is 28.6 Å². The molecule has 8 rings (SSSR count). The summed E-state index contributed by atoms with van der Waals surface area (Å²) < 4.78 is 6.88. The predicted octanol–water partition coefficient (Wildman–Crippen LogP) is 5.46. The van der Waals surface area contributed by atoms with Crippen molar-refractivity contribution in [3.63, 3.8) is 0 Å². The van der Waals surface area contributed by atoms with Gasteiger partial charge in [0.2, 0.25) is 0 Å². The average molecular weight is 455 g/mol. The third-order valence-electron chi connectivity index (χ3n) is 11.0. The number of hydrogen-bond acceptors (Lipinski definition) is 3. The van der Waals surface area contributed by atoms with Gasteiger partial charge in [0.1, 0.15) is 5.60 Å². The van der Waals surface area contributed by atoms with E-state index < -0.39 is 17.5 Å². The number of carbonyl (C=O) groups is 2. The second kappa shape index (κ2) is 7.19. The molecule has 0 radical (unpaired) electrons. The smallest absolute Gasteiger partial charge is 0.333 e. The molecule has 180 valence electrons. The Bertz CT molecular complexity index is 799. The topological polar surface area (TPSA) is 83.8 Å². The maximum atomic E-state index is 12.8. The molecule has 33 heavy (non-hydrogen) atoms. The van der Waals surface area contributed by atoms with Crippen molar-refractivity contribution in [3.8, 4) is 0 Å². The van der Waals surface area contributed by atoms with E-state index in [9.17, 15) is 19.8 Å². The highest BCUT2D eigenvalue weighted by atomic mass is 16.5. The summed E-state index contributed by atoms with van der Waals surface area (Å²) in [6.07, 6.45) is 13.6. The molecule has 0 aromatic heterocycles. The van der Waals surface area contributed by atoms with E-state index in [0.29, 0.717) is 35.5 Å². The quantitative estimate of drug-likeness (QED) is 0.476. The van der Waals surface area contributed by atoms with Crippen LogP contribution in [0.15, 0.2) is 24.3 Å². The molecular formula is C28H38O5. The molecule has 0 amide bonds. The molecule has 0 saturated heterocycles. The zero-order valence-electron chi connectivity index (χ0n) is 19.7. The summed E-state index contributed by atoms with van der Waals surface area (Å²) in [6, 6.07) is 0. The van der Waals surface area contributed by atoms with Gasteiger partial charge in [-0.1, -0.05) is 13.2 Å². The molecule has 8 saturated carbocycles. The Morgan fingerprint density at radius 1 is 0.697 bits per heavy atom. The summed E-state index contributed by atoms with van der Waals surface area (Å²) in [5.41, 5.74) is -1.30. The molecule has 0 unspecified atom stereocenters. The fourth-order valence-corrected chi connectivity index (χ4v) is 11.1. The molecule has 0 aromatic carbocycles. The molecule has 8 aliphatic rings. The third kappa shape index (κ3) is 3.00. The molecule has 8 bridgehead atoms. The molecule has 5 nitrogen and oxygen atoms in total. The Hall–Kier alpha value is -1.62.